The van der Waals surface area contributed by atoms with Gasteiger partial charge in [0.2, 0.25) is 0 Å². The minimum Gasteiger partial charge on any atom is -0.297 e. The van der Waals surface area contributed by atoms with Crippen molar-refractivity contribution >= 4 is 6.08 Å². The molecule has 2 nitrogen and oxygen atoms in total. The van der Waals surface area contributed by atoms with E-state index in [9.17, 15) is 0 Å². The SMILES string of the molecule is CC1(C)[C@H]2CC=C(CN3CCN(CC=Cc4ccccc4)CC3)[C@@H]1C2. The Hall–Kier alpha value is -1.38. The van der Waals surface area contributed by atoms with Crippen molar-refractivity contribution in [3.05, 3.63) is 53.6 Å². The fraction of sp³-hybridized carbons (Fsp3) is 0.565. The molecule has 2 heteroatoms. The molecule has 0 amide bonds. The Morgan fingerprint density at radius 1 is 1.04 bits per heavy atom. The zero-order valence-corrected chi connectivity index (χ0v) is 15.8. The van der Waals surface area contributed by atoms with E-state index in [-0.39, 0.29) is 0 Å². The first-order chi connectivity index (χ1) is 12.1. The van der Waals surface area contributed by atoms with Crippen molar-refractivity contribution in [2.45, 2.75) is 26.7 Å². The molecule has 2 fully saturated rings. The van der Waals surface area contributed by atoms with Crippen LogP contribution in [0.2, 0.25) is 0 Å². The van der Waals surface area contributed by atoms with Gasteiger partial charge in [-0.3, -0.25) is 9.80 Å². The first-order valence-corrected chi connectivity index (χ1v) is 9.98. The van der Waals surface area contributed by atoms with E-state index >= 15 is 0 Å². The van der Waals surface area contributed by atoms with E-state index in [2.05, 4.69) is 72.2 Å². The summed E-state index contributed by atoms with van der Waals surface area (Å²) in [6, 6.07) is 10.6. The van der Waals surface area contributed by atoms with E-state index in [4.69, 9.17) is 0 Å². The van der Waals surface area contributed by atoms with E-state index in [1.807, 2.05) is 0 Å². The molecule has 25 heavy (non-hydrogen) atoms. The summed E-state index contributed by atoms with van der Waals surface area (Å²) in [7, 11) is 0. The van der Waals surface area contributed by atoms with Gasteiger partial charge in [0.15, 0.2) is 0 Å². The van der Waals surface area contributed by atoms with Crippen LogP contribution >= 0.6 is 0 Å². The van der Waals surface area contributed by atoms with Gasteiger partial charge in [0, 0.05) is 39.3 Å². The molecule has 134 valence electrons. The maximum Gasteiger partial charge on any atom is 0.0196 e. The lowest BCUT2D eigenvalue weighted by molar-refractivity contribution is -0.0119. The number of hydrogen-bond acceptors (Lipinski definition) is 2. The summed E-state index contributed by atoms with van der Waals surface area (Å²) in [6.45, 7) is 12.1. The first-order valence-electron chi connectivity index (χ1n) is 9.98. The molecule has 4 aliphatic rings. The molecule has 1 saturated carbocycles. The molecule has 0 spiro atoms. The molecule has 0 aromatic heterocycles. The summed E-state index contributed by atoms with van der Waals surface area (Å²) < 4.78 is 0. The maximum atomic E-state index is 2.68. The molecule has 2 bridgehead atoms. The maximum absolute atomic E-state index is 2.68. The largest absolute Gasteiger partial charge is 0.297 e. The number of fused-ring (bicyclic) bond motifs is 1. The van der Waals surface area contributed by atoms with Crippen LogP contribution in [0.15, 0.2) is 48.1 Å². The average Bonchev–Trinajstić information content (AvgIpc) is 2.64. The van der Waals surface area contributed by atoms with Crippen molar-refractivity contribution in [2.75, 3.05) is 39.3 Å². The first kappa shape index (κ1) is 17.1. The van der Waals surface area contributed by atoms with Crippen LogP contribution in [-0.4, -0.2) is 49.1 Å². The molecular formula is C23H32N2. The summed E-state index contributed by atoms with van der Waals surface area (Å²) in [5.41, 5.74) is 3.60. The Balaban J connectivity index is 1.22. The molecule has 0 radical (unpaired) electrons. The number of rotatable bonds is 5. The number of benzene rings is 1. The Morgan fingerprint density at radius 3 is 2.44 bits per heavy atom. The predicted molar refractivity (Wildman–Crippen MR) is 106 cm³/mol. The third kappa shape index (κ3) is 3.61. The molecule has 1 aromatic rings. The molecule has 2 atom stereocenters. The topological polar surface area (TPSA) is 6.48 Å². The summed E-state index contributed by atoms with van der Waals surface area (Å²) in [4.78, 5) is 5.26. The van der Waals surface area contributed by atoms with Gasteiger partial charge >= 0.3 is 0 Å². The van der Waals surface area contributed by atoms with Gasteiger partial charge in [-0.1, -0.05) is 68.0 Å². The molecule has 0 unspecified atom stereocenters. The Labute approximate surface area is 153 Å². The molecule has 1 aromatic carbocycles. The van der Waals surface area contributed by atoms with Crippen LogP contribution in [0.4, 0.5) is 0 Å². The van der Waals surface area contributed by atoms with Crippen molar-refractivity contribution in [3.63, 3.8) is 0 Å². The molecule has 1 aliphatic heterocycles. The van der Waals surface area contributed by atoms with Gasteiger partial charge in [0.05, 0.1) is 0 Å². The average molecular weight is 337 g/mol. The third-order valence-electron chi connectivity index (χ3n) is 6.93. The monoisotopic (exact) mass is 336 g/mol. The van der Waals surface area contributed by atoms with Crippen molar-refractivity contribution in [2.24, 2.45) is 17.3 Å². The quantitative estimate of drug-likeness (QED) is 0.739. The fourth-order valence-corrected chi connectivity index (χ4v) is 4.95. The van der Waals surface area contributed by atoms with Gasteiger partial charge in [-0.25, -0.2) is 0 Å². The van der Waals surface area contributed by atoms with Crippen LogP contribution in [-0.2, 0) is 0 Å². The van der Waals surface area contributed by atoms with Crippen LogP contribution in [0, 0.1) is 17.3 Å². The lowest BCUT2D eigenvalue weighted by atomic mass is 9.49. The number of piperazine rings is 1. The lowest BCUT2D eigenvalue weighted by Crippen LogP contribution is -2.52. The van der Waals surface area contributed by atoms with E-state index < -0.39 is 0 Å². The zero-order valence-electron chi connectivity index (χ0n) is 15.8. The normalized spacial score (nSPS) is 29.4. The van der Waals surface area contributed by atoms with Crippen LogP contribution < -0.4 is 0 Å². The zero-order chi connectivity index (χ0) is 17.3. The van der Waals surface area contributed by atoms with Crippen molar-refractivity contribution in [1.82, 2.24) is 9.80 Å². The van der Waals surface area contributed by atoms with Gasteiger partial charge in [-0.2, -0.15) is 0 Å². The molecular weight excluding hydrogens is 304 g/mol. The minimum absolute atomic E-state index is 0.564. The van der Waals surface area contributed by atoms with Gasteiger partial charge in [0.25, 0.3) is 0 Å². The van der Waals surface area contributed by atoms with Gasteiger partial charge < -0.3 is 0 Å². The highest BCUT2D eigenvalue weighted by molar-refractivity contribution is 5.48. The van der Waals surface area contributed by atoms with Crippen molar-refractivity contribution in [3.8, 4) is 0 Å². The summed E-state index contributed by atoms with van der Waals surface area (Å²) >= 11 is 0. The van der Waals surface area contributed by atoms with Gasteiger partial charge in [-0.05, 0) is 35.7 Å². The highest BCUT2D eigenvalue weighted by Gasteiger charge is 2.51. The molecule has 1 saturated heterocycles. The van der Waals surface area contributed by atoms with E-state index in [0.29, 0.717) is 5.41 Å². The third-order valence-corrected chi connectivity index (χ3v) is 6.93. The van der Waals surface area contributed by atoms with E-state index in [0.717, 1.165) is 18.4 Å². The van der Waals surface area contributed by atoms with Crippen LogP contribution in [0.3, 0.4) is 0 Å². The number of hydrogen-bond donors (Lipinski definition) is 0. The smallest absolute Gasteiger partial charge is 0.0196 e. The highest BCUT2D eigenvalue weighted by atomic mass is 15.3. The fourth-order valence-electron chi connectivity index (χ4n) is 4.95. The molecule has 1 heterocycles. The highest BCUT2D eigenvalue weighted by Crippen LogP contribution is 2.59. The second-order valence-corrected chi connectivity index (χ2v) is 8.71. The lowest BCUT2D eigenvalue weighted by Gasteiger charge is -2.57. The Bertz CT molecular complexity index is 635. The Morgan fingerprint density at radius 2 is 1.76 bits per heavy atom. The van der Waals surface area contributed by atoms with Crippen molar-refractivity contribution < 1.29 is 0 Å². The molecule has 0 N–H and O–H groups in total. The van der Waals surface area contributed by atoms with E-state index in [1.54, 1.807) is 5.57 Å². The van der Waals surface area contributed by atoms with Crippen molar-refractivity contribution in [1.29, 1.82) is 0 Å². The predicted octanol–water partition coefficient (Wildman–Crippen LogP) is 4.31. The standard InChI is InChI=1S/C23H32N2/c1-23(2)21-11-10-20(22(23)17-21)18-25-15-13-24(14-16-25)12-6-9-19-7-4-3-5-8-19/h3-10,21-22H,11-18H2,1-2H3/t21-,22-/m0/s1. The second kappa shape index (κ2) is 7.09. The second-order valence-electron chi connectivity index (χ2n) is 8.71. The number of allylic oxidation sites excluding steroid dienone is 1. The Kier molecular flexibility index (Phi) is 4.84. The minimum atomic E-state index is 0.564. The summed E-state index contributed by atoms with van der Waals surface area (Å²) in [5.74, 6) is 1.81. The van der Waals surface area contributed by atoms with Crippen LogP contribution in [0.1, 0.15) is 32.3 Å². The van der Waals surface area contributed by atoms with Crippen LogP contribution in [0.25, 0.3) is 6.08 Å². The molecule has 5 rings (SSSR count). The van der Waals surface area contributed by atoms with E-state index in [1.165, 1.54) is 51.1 Å². The van der Waals surface area contributed by atoms with Crippen LogP contribution in [0.5, 0.6) is 0 Å². The summed E-state index contributed by atoms with van der Waals surface area (Å²) in [5, 5.41) is 0. The molecule has 3 aliphatic carbocycles. The summed E-state index contributed by atoms with van der Waals surface area (Å²) in [6.07, 6.45) is 9.89. The van der Waals surface area contributed by atoms with Gasteiger partial charge in [-0.15, -0.1) is 0 Å². The number of nitrogens with zero attached hydrogens (tertiary/aromatic N) is 2. The van der Waals surface area contributed by atoms with Gasteiger partial charge in [0.1, 0.15) is 0 Å².